The van der Waals surface area contributed by atoms with Crippen molar-refractivity contribution < 1.29 is 18.4 Å². The zero-order chi connectivity index (χ0) is 11.4. The zero-order valence-corrected chi connectivity index (χ0v) is 8.17. The lowest BCUT2D eigenvalue weighted by Gasteiger charge is -2.15. The highest BCUT2D eigenvalue weighted by Gasteiger charge is 2.28. The van der Waals surface area contributed by atoms with Gasteiger partial charge >= 0.3 is 0 Å². The lowest BCUT2D eigenvalue weighted by atomic mass is 10.2. The van der Waals surface area contributed by atoms with Crippen molar-refractivity contribution in [3.05, 3.63) is 11.8 Å². The number of nitrogens with one attached hydrogen (secondary N) is 1. The first-order chi connectivity index (χ1) is 6.29. The van der Waals surface area contributed by atoms with Crippen LogP contribution < -0.4 is 5.32 Å². The van der Waals surface area contributed by atoms with Crippen molar-refractivity contribution in [2.45, 2.75) is 12.8 Å². The topological polar surface area (TPSA) is 49.4 Å². The Bertz CT molecular complexity index is 257. The van der Waals surface area contributed by atoms with Gasteiger partial charge in [-0.3, -0.25) is 9.59 Å². The third-order valence-electron chi connectivity index (χ3n) is 1.40. The number of nitrogens with zero attached hydrogens (tertiary/aromatic N) is 1. The van der Waals surface area contributed by atoms with E-state index in [1.165, 1.54) is 14.1 Å². The number of carbonyl (C=O) groups is 2. The van der Waals surface area contributed by atoms with Crippen LogP contribution in [0.15, 0.2) is 11.8 Å². The molecular formula is C8H12F2N2O2. The summed E-state index contributed by atoms with van der Waals surface area (Å²) >= 11 is 0. The third-order valence-corrected chi connectivity index (χ3v) is 1.40. The van der Waals surface area contributed by atoms with Crippen LogP contribution in [0.1, 0.15) is 6.92 Å². The number of allylic oxidation sites excluding steroid dienone is 1. The van der Waals surface area contributed by atoms with Gasteiger partial charge in [-0.05, 0) is 0 Å². The van der Waals surface area contributed by atoms with E-state index in [1.807, 2.05) is 0 Å². The van der Waals surface area contributed by atoms with Gasteiger partial charge in [0.25, 0.3) is 5.92 Å². The summed E-state index contributed by atoms with van der Waals surface area (Å²) in [5.41, 5.74) is -0.716. The van der Waals surface area contributed by atoms with Gasteiger partial charge in [-0.2, -0.15) is 0 Å². The molecule has 0 aromatic heterocycles. The minimum Gasteiger partial charge on any atom is -0.345 e. The molecule has 0 aromatic carbocycles. The molecule has 0 fully saturated rings. The van der Waals surface area contributed by atoms with Gasteiger partial charge in [0.2, 0.25) is 12.3 Å². The van der Waals surface area contributed by atoms with Crippen LogP contribution in [-0.4, -0.2) is 37.2 Å². The Morgan fingerprint density at radius 3 is 2.21 bits per heavy atom. The van der Waals surface area contributed by atoms with Crippen molar-refractivity contribution in [3.8, 4) is 0 Å². The van der Waals surface area contributed by atoms with Crippen LogP contribution in [0.25, 0.3) is 0 Å². The average molecular weight is 206 g/mol. The lowest BCUT2D eigenvalue weighted by molar-refractivity contribution is -0.123. The van der Waals surface area contributed by atoms with Crippen LogP contribution in [-0.2, 0) is 9.59 Å². The average Bonchev–Trinajstić information content (AvgIpc) is 2.01. The molecule has 0 saturated carbocycles. The highest BCUT2D eigenvalue weighted by molar-refractivity contribution is 5.88. The first-order valence-electron chi connectivity index (χ1n) is 3.80. The highest BCUT2D eigenvalue weighted by atomic mass is 19.3. The number of rotatable bonds is 4. The molecule has 0 aliphatic carbocycles. The molecule has 0 atom stereocenters. The second-order valence-corrected chi connectivity index (χ2v) is 2.94. The molecule has 0 heterocycles. The zero-order valence-electron chi connectivity index (χ0n) is 8.17. The first-order valence-corrected chi connectivity index (χ1v) is 3.80. The Hall–Kier alpha value is -1.46. The van der Waals surface area contributed by atoms with Crippen molar-refractivity contribution in [3.63, 3.8) is 0 Å². The summed E-state index contributed by atoms with van der Waals surface area (Å²) in [5.74, 6) is -3.86. The van der Waals surface area contributed by atoms with Crippen molar-refractivity contribution >= 4 is 12.3 Å². The molecule has 0 radical (unpaired) electrons. The second-order valence-electron chi connectivity index (χ2n) is 2.94. The molecule has 1 N–H and O–H groups in total. The minimum absolute atomic E-state index is 0.103. The van der Waals surface area contributed by atoms with Gasteiger partial charge in [-0.15, -0.1) is 0 Å². The van der Waals surface area contributed by atoms with Gasteiger partial charge in [0.15, 0.2) is 0 Å². The van der Waals surface area contributed by atoms with Gasteiger partial charge in [-0.25, -0.2) is 8.78 Å². The Morgan fingerprint density at radius 1 is 1.43 bits per heavy atom. The highest BCUT2D eigenvalue weighted by Crippen LogP contribution is 2.20. The smallest absolute Gasteiger partial charge is 0.285 e. The van der Waals surface area contributed by atoms with Crippen molar-refractivity contribution in [1.82, 2.24) is 10.2 Å². The van der Waals surface area contributed by atoms with Crippen LogP contribution in [0.4, 0.5) is 8.78 Å². The van der Waals surface area contributed by atoms with E-state index in [0.29, 0.717) is 13.0 Å². The van der Waals surface area contributed by atoms with Crippen LogP contribution in [0, 0.1) is 0 Å². The number of amides is 2. The Labute approximate surface area is 80.6 Å². The van der Waals surface area contributed by atoms with E-state index in [9.17, 15) is 18.4 Å². The maximum Gasteiger partial charge on any atom is 0.285 e. The molecule has 0 unspecified atom stereocenters. The van der Waals surface area contributed by atoms with E-state index < -0.39 is 17.5 Å². The number of likely N-dealkylation sites (N-methyl/N-ethyl adjacent to an activating group) is 1. The SMILES string of the molecule is CN(C)C(=O)/C=C(\NC=O)C(C)(F)F. The van der Waals surface area contributed by atoms with Crippen LogP contribution >= 0.6 is 0 Å². The normalized spacial score (nSPS) is 12.2. The molecule has 14 heavy (non-hydrogen) atoms. The van der Waals surface area contributed by atoms with E-state index in [4.69, 9.17) is 0 Å². The quantitative estimate of drug-likeness (QED) is 0.533. The summed E-state index contributed by atoms with van der Waals surface area (Å²) in [6, 6.07) is 0. The molecule has 0 spiro atoms. The summed E-state index contributed by atoms with van der Waals surface area (Å²) in [6.07, 6.45) is 0.792. The van der Waals surface area contributed by atoms with E-state index in [2.05, 4.69) is 0 Å². The molecule has 2 amide bonds. The molecule has 80 valence electrons. The van der Waals surface area contributed by atoms with Crippen LogP contribution in [0.3, 0.4) is 0 Å². The standard InChI is InChI=1S/C8H12F2N2O2/c1-8(9,10)6(11-5-13)4-7(14)12(2)3/h4-5H,1-3H3,(H,11,13)/b6-4-. The molecule has 0 rings (SSSR count). The van der Waals surface area contributed by atoms with E-state index >= 15 is 0 Å². The largest absolute Gasteiger partial charge is 0.345 e. The predicted octanol–water partition coefficient (Wildman–Crippen LogP) is 0.360. The van der Waals surface area contributed by atoms with Crippen LogP contribution in [0.2, 0.25) is 0 Å². The number of carbonyl (C=O) groups excluding carboxylic acids is 2. The maximum absolute atomic E-state index is 12.7. The minimum atomic E-state index is -3.24. The van der Waals surface area contributed by atoms with E-state index in [0.717, 1.165) is 4.90 Å². The molecule has 0 saturated heterocycles. The van der Waals surface area contributed by atoms with Gasteiger partial charge in [-0.1, -0.05) is 0 Å². The summed E-state index contributed by atoms with van der Waals surface area (Å²) in [7, 11) is 2.84. The number of hydrogen-bond donors (Lipinski definition) is 1. The van der Waals surface area contributed by atoms with Crippen molar-refractivity contribution in [2.24, 2.45) is 0 Å². The van der Waals surface area contributed by atoms with Crippen LogP contribution in [0.5, 0.6) is 0 Å². The Kier molecular flexibility index (Phi) is 4.20. The molecule has 0 aromatic rings. The number of alkyl halides is 2. The third kappa shape index (κ3) is 3.97. The molecular weight excluding hydrogens is 194 g/mol. The fourth-order valence-corrected chi connectivity index (χ4v) is 0.611. The summed E-state index contributed by atoms with van der Waals surface area (Å²) < 4.78 is 25.5. The molecule has 0 bridgehead atoms. The van der Waals surface area contributed by atoms with Crippen molar-refractivity contribution in [2.75, 3.05) is 14.1 Å². The molecule has 0 aliphatic rings. The van der Waals surface area contributed by atoms with Crippen molar-refractivity contribution in [1.29, 1.82) is 0 Å². The molecule has 6 heteroatoms. The van der Waals surface area contributed by atoms with Gasteiger partial charge < -0.3 is 10.2 Å². The number of halogens is 2. The summed E-state index contributed by atoms with van der Waals surface area (Å²) in [4.78, 5) is 22.2. The van der Waals surface area contributed by atoms with Gasteiger partial charge in [0.05, 0.1) is 5.70 Å². The summed E-state index contributed by atoms with van der Waals surface area (Å²) in [6.45, 7) is 0.596. The molecule has 4 nitrogen and oxygen atoms in total. The maximum atomic E-state index is 12.7. The fraction of sp³-hybridized carbons (Fsp3) is 0.500. The summed E-state index contributed by atoms with van der Waals surface area (Å²) in [5, 5.41) is 1.79. The molecule has 0 aliphatic heterocycles. The predicted molar refractivity (Wildman–Crippen MR) is 46.6 cm³/mol. The Morgan fingerprint density at radius 2 is 1.93 bits per heavy atom. The monoisotopic (exact) mass is 206 g/mol. The Balaban J connectivity index is 4.82. The first kappa shape index (κ1) is 12.5. The second kappa shape index (κ2) is 4.69. The van der Waals surface area contributed by atoms with E-state index in [1.54, 1.807) is 5.32 Å². The van der Waals surface area contributed by atoms with Gasteiger partial charge in [0.1, 0.15) is 0 Å². The van der Waals surface area contributed by atoms with Gasteiger partial charge in [0, 0.05) is 27.1 Å². The number of hydrogen-bond acceptors (Lipinski definition) is 2. The fourth-order valence-electron chi connectivity index (χ4n) is 0.611. The lowest BCUT2D eigenvalue weighted by Crippen LogP contribution is -2.29. The van der Waals surface area contributed by atoms with E-state index in [-0.39, 0.29) is 6.41 Å².